The van der Waals surface area contributed by atoms with Crippen molar-refractivity contribution >= 4 is 36.1 Å². The molecule has 2 amide bonds. The number of esters is 3. The third-order valence-corrected chi connectivity index (χ3v) is 7.63. The first-order chi connectivity index (χ1) is 32.7. The van der Waals surface area contributed by atoms with Gasteiger partial charge in [-0.25, -0.2) is 37.5 Å². The second-order valence-electron chi connectivity index (χ2n) is 17.3. The third kappa shape index (κ3) is 26.8. The Morgan fingerprint density at radius 2 is 0.968 bits per heavy atom. The van der Waals surface area contributed by atoms with Gasteiger partial charge in [-0.1, -0.05) is 68.1 Å². The maximum absolute atomic E-state index is 14.3. The maximum Gasteiger partial charge on any atom is 0.410 e. The molecule has 15 nitrogen and oxygen atoms in total. The lowest BCUT2D eigenvalue weighted by atomic mass is 10.00. The molecule has 0 aliphatic rings. The van der Waals surface area contributed by atoms with Crippen LogP contribution in [-0.4, -0.2) is 117 Å². The number of carboxylic acids is 1. The Balaban J connectivity index is -0.000000172. The molecule has 62 heavy (non-hydrogen) atoms. The molecular formula is C45H80F2N2O13. The van der Waals surface area contributed by atoms with Crippen LogP contribution in [0.15, 0.2) is 60.7 Å². The Morgan fingerprint density at radius 1 is 0.629 bits per heavy atom. The lowest BCUT2D eigenvalue weighted by Gasteiger charge is -2.32. The van der Waals surface area contributed by atoms with E-state index in [0.717, 1.165) is 20.9 Å². The van der Waals surface area contributed by atoms with Gasteiger partial charge in [-0.05, 0) is 94.2 Å². The van der Waals surface area contributed by atoms with Crippen LogP contribution >= 0.6 is 0 Å². The van der Waals surface area contributed by atoms with E-state index in [9.17, 15) is 37.5 Å². The Bertz CT molecular complexity index is 1720. The van der Waals surface area contributed by atoms with Crippen molar-refractivity contribution in [2.75, 3.05) is 14.1 Å². The summed E-state index contributed by atoms with van der Waals surface area (Å²) in [6.45, 7) is 18.1. The summed E-state index contributed by atoms with van der Waals surface area (Å²) in [5, 5.41) is 17.9. The Kier molecular flexibility index (Phi) is 20.9. The van der Waals surface area contributed by atoms with Crippen LogP contribution in [0, 0.1) is 0 Å². The van der Waals surface area contributed by atoms with Gasteiger partial charge in [0, 0.05) is 41.8 Å². The summed E-state index contributed by atoms with van der Waals surface area (Å²) >= 11 is 0. The van der Waals surface area contributed by atoms with Crippen molar-refractivity contribution in [3.8, 4) is 0 Å². The smallest absolute Gasteiger partial charge is 0.410 e. The van der Waals surface area contributed by atoms with E-state index in [-0.39, 0.29) is 33.5 Å². The normalized spacial score (nSPS) is 13.9. The number of carbonyl (C=O) groups excluding carboxylic acids is 5. The predicted molar refractivity (Wildman–Crippen MR) is 240 cm³/mol. The molecule has 17 heteroatoms. The zero-order valence-electron chi connectivity index (χ0n) is 47.9. The van der Waals surface area contributed by atoms with E-state index in [2.05, 4.69) is 0 Å². The van der Waals surface area contributed by atoms with Crippen molar-refractivity contribution in [3.63, 3.8) is 0 Å². The van der Waals surface area contributed by atoms with Crippen molar-refractivity contribution in [2.24, 2.45) is 0 Å². The fraction of sp³-hybridized carbons (Fsp3) is 0.600. The van der Waals surface area contributed by atoms with Gasteiger partial charge in [0.1, 0.15) is 53.9 Å². The molecule has 2 N–H and O–H groups in total. The van der Waals surface area contributed by atoms with Gasteiger partial charge in [-0.15, -0.1) is 0 Å². The average Bonchev–Trinajstić information content (AvgIpc) is 3.30. The number of benzene rings is 2. The first-order valence-electron chi connectivity index (χ1n) is 24.5. The van der Waals surface area contributed by atoms with Crippen molar-refractivity contribution in [1.29, 1.82) is 0 Å². The summed E-state index contributed by atoms with van der Waals surface area (Å²) < 4.78 is 103. The van der Waals surface area contributed by atoms with Gasteiger partial charge in [-0.2, -0.15) is 0 Å². The number of aliphatic carboxylic acids is 1. The summed E-state index contributed by atoms with van der Waals surface area (Å²) in [6, 6.07) is 15.8. The maximum atomic E-state index is 14.3. The number of ether oxygens (including phenoxy) is 5. The zero-order valence-corrected chi connectivity index (χ0v) is 37.9. The number of nitrogens with zero attached hydrogens (tertiary/aromatic N) is 2. The third-order valence-electron chi connectivity index (χ3n) is 7.63. The largest absolute Gasteiger partial charge is 0.480 e. The van der Waals surface area contributed by atoms with Crippen LogP contribution in [0.2, 0.25) is 0 Å². The number of aliphatic hydroxyl groups excluding tert-OH is 1. The number of amides is 2. The molecule has 0 aliphatic carbocycles. The number of hydrogen-bond donors (Lipinski definition) is 2. The van der Waals surface area contributed by atoms with Gasteiger partial charge in [-0.3, -0.25) is 9.80 Å². The highest BCUT2D eigenvalue weighted by Gasteiger charge is 2.38. The highest BCUT2D eigenvalue weighted by atomic mass is 19.1. The molecule has 0 aliphatic heterocycles. The summed E-state index contributed by atoms with van der Waals surface area (Å²) in [6.07, 6.45) is -4.47. The predicted octanol–water partition coefficient (Wildman–Crippen LogP) is 9.46. The SMILES string of the molecule is C.CN(C(=O)OC(C)(C)C)[C@@H](CC(C)(C)F)C(=O)O.C[C@@H](OC(=O)[C@H](CC(C)(C)F)N(C)C(=O)OC(C)(C)C)C(=O)OCc1ccccc1.C[C@H](O)C(=O)OCc1ccccc1.[2H][2H].[2H][2H].[2H][2H].[2H][2H].[2H][2H]. The molecule has 4 atom stereocenters. The minimum absolute atomic E-state index is 0. The van der Waals surface area contributed by atoms with Crippen molar-refractivity contribution in [3.05, 3.63) is 71.8 Å². The number of carboxylic acid groups (broad SMARTS) is 1. The molecule has 0 saturated heterocycles. The van der Waals surface area contributed by atoms with Crippen molar-refractivity contribution in [2.45, 2.75) is 163 Å². The van der Waals surface area contributed by atoms with Gasteiger partial charge in [0.15, 0.2) is 6.10 Å². The fourth-order valence-corrected chi connectivity index (χ4v) is 4.61. The van der Waals surface area contributed by atoms with E-state index in [1.165, 1.54) is 55.6 Å². The molecular weight excluding hydrogens is 814 g/mol. The second-order valence-corrected chi connectivity index (χ2v) is 17.3. The number of likely N-dealkylation sites (N-methyl/N-ethyl adjacent to an activating group) is 2. The summed E-state index contributed by atoms with van der Waals surface area (Å²) in [4.78, 5) is 72.7. The number of halogens is 2. The zero-order chi connectivity index (χ0) is 57.5. The molecule has 2 aromatic rings. The average molecular weight is 905 g/mol. The van der Waals surface area contributed by atoms with Gasteiger partial charge >= 0.3 is 36.1 Å². The number of alkyl halides is 2. The van der Waals surface area contributed by atoms with Gasteiger partial charge in [0.2, 0.25) is 0 Å². The molecule has 0 bridgehead atoms. The highest BCUT2D eigenvalue weighted by molar-refractivity contribution is 5.84. The molecule has 0 aromatic heterocycles. The van der Waals surface area contributed by atoms with E-state index in [0.29, 0.717) is 0 Å². The number of hydrogen-bond acceptors (Lipinski definition) is 12. The summed E-state index contributed by atoms with van der Waals surface area (Å²) in [5.41, 5.74) is -3.27. The summed E-state index contributed by atoms with van der Waals surface area (Å²) in [7, 11) is 2.61. The van der Waals surface area contributed by atoms with Crippen LogP contribution in [0.3, 0.4) is 0 Å². The van der Waals surface area contributed by atoms with Crippen LogP contribution < -0.4 is 0 Å². The quantitative estimate of drug-likeness (QED) is 0.127. The first-order valence-corrected chi connectivity index (χ1v) is 19.5. The van der Waals surface area contributed by atoms with E-state index < -0.39 is 82.9 Å². The molecule has 2 rings (SSSR count). The molecule has 362 valence electrons. The standard InChI is InChI=1S/C22H32FNO6.C12H22FNO4.C10H12O3.CH4.5H2/c1-15(18(25)28-14-16-11-9-8-10-12-16)29-19(26)17(13-22(5,6)23)24(7)20(27)30-21(2,3)4;1-11(2,3)18-10(17)14(6)8(9(15)16)7-12(4,5)13;1-8(11)10(12)13-7-9-5-3-2-4-6-9;;;;;;/h8-12,15,17H,13-14H2,1-7H3;8H,7H2,1-6H3,(H,15,16);2-6,8,11H,7H2,1H3;1H4;5*1H/t15-,17+;2*8-;;;;;;/m100....../s1/i;;;;5*1+1D. The minimum Gasteiger partial charge on any atom is -0.480 e. The highest BCUT2D eigenvalue weighted by Crippen LogP contribution is 2.23. The number of rotatable bonds is 15. The van der Waals surface area contributed by atoms with E-state index in [4.69, 9.17) is 48.7 Å². The Morgan fingerprint density at radius 3 is 1.29 bits per heavy atom. The molecule has 0 heterocycles. The molecule has 0 unspecified atom stereocenters. The van der Waals surface area contributed by atoms with Crippen LogP contribution in [-0.2, 0) is 56.1 Å². The minimum atomic E-state index is -1.77. The topological polar surface area (TPSA) is 196 Å². The number of carbonyl (C=O) groups is 6. The van der Waals surface area contributed by atoms with Gasteiger partial charge < -0.3 is 33.9 Å². The summed E-state index contributed by atoms with van der Waals surface area (Å²) in [5.74, 6) is -3.51. The molecule has 2 aromatic carbocycles. The van der Waals surface area contributed by atoms with E-state index in [1.54, 1.807) is 53.7 Å². The van der Waals surface area contributed by atoms with Crippen molar-refractivity contribution in [1.82, 2.24) is 9.80 Å². The van der Waals surface area contributed by atoms with Gasteiger partial charge in [0.05, 0.1) is 0 Å². The molecule has 0 radical (unpaired) electrons. The Labute approximate surface area is 381 Å². The number of aliphatic hydroxyl groups is 1. The fourth-order valence-electron chi connectivity index (χ4n) is 4.61. The molecule has 0 fully saturated rings. The lowest BCUT2D eigenvalue weighted by Crippen LogP contribution is -2.49. The van der Waals surface area contributed by atoms with Crippen LogP contribution in [0.25, 0.3) is 0 Å². The van der Waals surface area contributed by atoms with E-state index in [1.807, 2.05) is 48.5 Å². The van der Waals surface area contributed by atoms with Crippen LogP contribution in [0.1, 0.15) is 129 Å². The van der Waals surface area contributed by atoms with Crippen LogP contribution in [0.4, 0.5) is 18.4 Å². The molecule has 0 spiro atoms. The first kappa shape index (κ1) is 49.3. The monoisotopic (exact) mass is 905 g/mol. The lowest BCUT2D eigenvalue weighted by molar-refractivity contribution is -0.170. The Hall–Kier alpha value is -5.32. The molecule has 0 saturated carbocycles. The van der Waals surface area contributed by atoms with Gasteiger partial charge in [0.25, 0.3) is 0 Å². The van der Waals surface area contributed by atoms with Crippen LogP contribution in [0.5, 0.6) is 0 Å². The van der Waals surface area contributed by atoms with E-state index >= 15 is 0 Å². The van der Waals surface area contributed by atoms with Crippen molar-refractivity contribution < 1.29 is 86.3 Å². The second kappa shape index (κ2) is 26.2.